The van der Waals surface area contributed by atoms with E-state index in [0.29, 0.717) is 0 Å². The highest BCUT2D eigenvalue weighted by Gasteiger charge is 2.01. The van der Waals surface area contributed by atoms with Crippen LogP contribution in [0.1, 0.15) is 0 Å². The summed E-state index contributed by atoms with van der Waals surface area (Å²) in [5.41, 5.74) is 2.31. The Morgan fingerprint density at radius 1 is 1.15 bits per heavy atom. The molecular weight excluding hydrogens is 316 g/mol. The molecule has 0 radical (unpaired) electrons. The average Bonchev–Trinajstić information content (AvgIpc) is 2.47. The van der Waals surface area contributed by atoms with Crippen LogP contribution >= 0.6 is 15.9 Å². The van der Waals surface area contributed by atoms with Crippen molar-refractivity contribution in [1.29, 1.82) is 0 Å². The highest BCUT2D eigenvalue weighted by Crippen LogP contribution is 2.18. The Kier molecular flexibility index (Phi) is 5.30. The van der Waals surface area contributed by atoms with Crippen molar-refractivity contribution in [2.24, 2.45) is 0 Å². The second-order valence-corrected chi connectivity index (χ2v) is 5.47. The molecule has 2 aromatic carbocycles. The van der Waals surface area contributed by atoms with Crippen LogP contribution in [0.3, 0.4) is 0 Å². The summed E-state index contributed by atoms with van der Waals surface area (Å²) in [5, 5.41) is 3.41. The molecule has 1 N–H and O–H groups in total. The van der Waals surface area contributed by atoms with Crippen LogP contribution in [0.4, 0.5) is 11.4 Å². The first-order valence-electron chi connectivity index (χ1n) is 6.53. The number of anilines is 2. The second kappa shape index (κ2) is 7.20. The predicted octanol–water partition coefficient (Wildman–Crippen LogP) is 4.01. The minimum absolute atomic E-state index is 0.884. The highest BCUT2D eigenvalue weighted by molar-refractivity contribution is 9.10. The third-order valence-electron chi connectivity index (χ3n) is 3.11. The number of benzene rings is 2. The van der Waals surface area contributed by atoms with Gasteiger partial charge < -0.3 is 15.0 Å². The number of rotatable bonds is 6. The summed E-state index contributed by atoms with van der Waals surface area (Å²) in [6.07, 6.45) is 0. The predicted molar refractivity (Wildman–Crippen MR) is 88.9 cm³/mol. The summed E-state index contributed by atoms with van der Waals surface area (Å²) in [6, 6.07) is 16.3. The third-order valence-corrected chi connectivity index (χ3v) is 3.61. The quantitative estimate of drug-likeness (QED) is 0.863. The summed E-state index contributed by atoms with van der Waals surface area (Å²) < 4.78 is 6.25. The normalized spacial score (nSPS) is 10.2. The van der Waals surface area contributed by atoms with Gasteiger partial charge in [0, 0.05) is 36.0 Å². The molecule has 2 aromatic rings. The van der Waals surface area contributed by atoms with Crippen LogP contribution in [0.2, 0.25) is 0 Å². The van der Waals surface area contributed by atoms with Gasteiger partial charge in [0.05, 0.1) is 7.11 Å². The third kappa shape index (κ3) is 4.17. The molecule has 0 heterocycles. The van der Waals surface area contributed by atoms with Gasteiger partial charge in [-0.05, 0) is 42.5 Å². The van der Waals surface area contributed by atoms with E-state index in [9.17, 15) is 0 Å². The van der Waals surface area contributed by atoms with Crippen LogP contribution in [0.25, 0.3) is 0 Å². The minimum atomic E-state index is 0.884. The number of hydrogen-bond donors (Lipinski definition) is 1. The SMILES string of the molecule is COc1ccc(N(C)CCNc2cccc(Br)c2)cc1. The van der Waals surface area contributed by atoms with Crippen molar-refractivity contribution in [2.75, 3.05) is 37.5 Å². The number of methoxy groups -OCH3 is 1. The van der Waals surface area contributed by atoms with E-state index in [0.717, 1.165) is 29.0 Å². The van der Waals surface area contributed by atoms with Crippen LogP contribution < -0.4 is 15.0 Å². The molecule has 0 aliphatic heterocycles. The maximum atomic E-state index is 5.16. The maximum absolute atomic E-state index is 5.16. The fraction of sp³-hybridized carbons (Fsp3) is 0.250. The number of halogens is 1. The van der Waals surface area contributed by atoms with E-state index < -0.39 is 0 Å². The minimum Gasteiger partial charge on any atom is -0.497 e. The van der Waals surface area contributed by atoms with Crippen molar-refractivity contribution in [1.82, 2.24) is 0 Å². The van der Waals surface area contributed by atoms with E-state index in [-0.39, 0.29) is 0 Å². The Balaban J connectivity index is 1.83. The zero-order chi connectivity index (χ0) is 14.4. The summed E-state index contributed by atoms with van der Waals surface area (Å²) in [5.74, 6) is 0.884. The van der Waals surface area contributed by atoms with Gasteiger partial charge in [-0.1, -0.05) is 22.0 Å². The monoisotopic (exact) mass is 334 g/mol. The lowest BCUT2D eigenvalue weighted by Gasteiger charge is -2.20. The van der Waals surface area contributed by atoms with Crippen molar-refractivity contribution in [3.05, 3.63) is 53.0 Å². The van der Waals surface area contributed by atoms with E-state index in [4.69, 9.17) is 4.74 Å². The molecule has 0 bridgehead atoms. The molecule has 20 heavy (non-hydrogen) atoms. The molecule has 0 aliphatic rings. The maximum Gasteiger partial charge on any atom is 0.119 e. The summed E-state index contributed by atoms with van der Waals surface area (Å²) in [7, 11) is 3.77. The summed E-state index contributed by atoms with van der Waals surface area (Å²) >= 11 is 3.47. The van der Waals surface area contributed by atoms with Gasteiger partial charge in [-0.15, -0.1) is 0 Å². The van der Waals surface area contributed by atoms with E-state index in [1.165, 1.54) is 5.69 Å². The number of nitrogens with one attached hydrogen (secondary N) is 1. The smallest absolute Gasteiger partial charge is 0.119 e. The van der Waals surface area contributed by atoms with Crippen LogP contribution in [0, 0.1) is 0 Å². The van der Waals surface area contributed by atoms with Gasteiger partial charge >= 0.3 is 0 Å². The molecule has 106 valence electrons. The van der Waals surface area contributed by atoms with E-state index >= 15 is 0 Å². The lowest BCUT2D eigenvalue weighted by Crippen LogP contribution is -2.24. The fourth-order valence-electron chi connectivity index (χ4n) is 1.93. The van der Waals surface area contributed by atoms with Crippen LogP contribution in [0.5, 0.6) is 5.75 Å². The van der Waals surface area contributed by atoms with Gasteiger partial charge in [-0.25, -0.2) is 0 Å². The van der Waals surface area contributed by atoms with E-state index in [1.807, 2.05) is 24.3 Å². The van der Waals surface area contributed by atoms with Gasteiger partial charge in [0.25, 0.3) is 0 Å². The van der Waals surface area contributed by atoms with Crippen molar-refractivity contribution in [2.45, 2.75) is 0 Å². The molecule has 0 saturated heterocycles. The number of ether oxygens (including phenoxy) is 1. The molecule has 2 rings (SSSR count). The lowest BCUT2D eigenvalue weighted by atomic mass is 10.3. The molecule has 3 nitrogen and oxygen atoms in total. The van der Waals surface area contributed by atoms with Crippen molar-refractivity contribution in [3.8, 4) is 5.75 Å². The zero-order valence-electron chi connectivity index (χ0n) is 11.8. The highest BCUT2D eigenvalue weighted by atomic mass is 79.9. The zero-order valence-corrected chi connectivity index (χ0v) is 13.4. The standard InChI is InChI=1S/C16H19BrN2O/c1-19(15-6-8-16(20-2)9-7-15)11-10-18-14-5-3-4-13(17)12-14/h3-9,12,18H,10-11H2,1-2H3. The van der Waals surface area contributed by atoms with Gasteiger partial charge in [0.1, 0.15) is 5.75 Å². The first-order chi connectivity index (χ1) is 9.69. The van der Waals surface area contributed by atoms with E-state index in [1.54, 1.807) is 7.11 Å². The first-order valence-corrected chi connectivity index (χ1v) is 7.33. The number of hydrogen-bond acceptors (Lipinski definition) is 3. The molecule has 0 aromatic heterocycles. The van der Waals surface area contributed by atoms with Crippen LogP contribution in [-0.2, 0) is 0 Å². The van der Waals surface area contributed by atoms with Gasteiger partial charge in [0.15, 0.2) is 0 Å². The fourth-order valence-corrected chi connectivity index (χ4v) is 2.33. The molecule has 0 amide bonds. The number of likely N-dealkylation sites (N-methyl/N-ethyl adjacent to an activating group) is 1. The Morgan fingerprint density at radius 2 is 1.90 bits per heavy atom. The molecule has 0 atom stereocenters. The first kappa shape index (κ1) is 14.7. The van der Waals surface area contributed by atoms with Gasteiger partial charge in [-0.3, -0.25) is 0 Å². The molecular formula is C16H19BrN2O. The second-order valence-electron chi connectivity index (χ2n) is 4.56. The Morgan fingerprint density at radius 3 is 2.55 bits per heavy atom. The summed E-state index contributed by atoms with van der Waals surface area (Å²) in [4.78, 5) is 2.21. The Hall–Kier alpha value is -1.68. The Labute approximate surface area is 128 Å². The largest absolute Gasteiger partial charge is 0.497 e. The van der Waals surface area contributed by atoms with Crippen molar-refractivity contribution >= 4 is 27.3 Å². The summed E-state index contributed by atoms with van der Waals surface area (Å²) in [6.45, 7) is 1.82. The molecule has 0 aliphatic carbocycles. The average molecular weight is 335 g/mol. The lowest BCUT2D eigenvalue weighted by molar-refractivity contribution is 0.415. The van der Waals surface area contributed by atoms with Gasteiger partial charge in [0.2, 0.25) is 0 Å². The van der Waals surface area contributed by atoms with Crippen molar-refractivity contribution in [3.63, 3.8) is 0 Å². The van der Waals surface area contributed by atoms with E-state index in [2.05, 4.69) is 57.5 Å². The van der Waals surface area contributed by atoms with Gasteiger partial charge in [-0.2, -0.15) is 0 Å². The van der Waals surface area contributed by atoms with Crippen LogP contribution in [0.15, 0.2) is 53.0 Å². The topological polar surface area (TPSA) is 24.5 Å². The Bertz CT molecular complexity index is 542. The number of nitrogens with zero attached hydrogens (tertiary/aromatic N) is 1. The molecule has 0 unspecified atom stereocenters. The molecule has 0 spiro atoms. The molecule has 0 fully saturated rings. The van der Waals surface area contributed by atoms with Crippen LogP contribution in [-0.4, -0.2) is 27.2 Å². The molecule has 4 heteroatoms. The van der Waals surface area contributed by atoms with Crippen molar-refractivity contribution < 1.29 is 4.74 Å². The molecule has 0 saturated carbocycles.